The number of carbonyl (C=O) groups is 1. The largest absolute Gasteiger partial charge is 0.391 e. The van der Waals surface area contributed by atoms with E-state index in [4.69, 9.17) is 0 Å². The average Bonchev–Trinajstić information content (AvgIpc) is 3.03. The van der Waals surface area contributed by atoms with E-state index in [1.165, 1.54) is 11.0 Å². The number of aromatic nitrogens is 2. The van der Waals surface area contributed by atoms with Crippen LogP contribution in [0.25, 0.3) is 0 Å². The van der Waals surface area contributed by atoms with Crippen molar-refractivity contribution in [2.24, 2.45) is 7.05 Å². The second-order valence-corrected chi connectivity index (χ2v) is 5.84. The monoisotopic (exact) mass is 321 g/mol. The van der Waals surface area contributed by atoms with Gasteiger partial charge in [0.15, 0.2) is 11.6 Å². The number of likely N-dealkylation sites (tertiary alicyclic amines) is 1. The van der Waals surface area contributed by atoms with Crippen molar-refractivity contribution in [3.05, 3.63) is 52.9 Å². The third-order valence-corrected chi connectivity index (χ3v) is 4.11. The number of halogens is 2. The second kappa shape index (κ2) is 5.73. The SMILES string of the molecule is Cc1nn(C)cc1C(=O)N1C[C@H](O)C[C@H]1c1ccc(F)c(F)c1. The standard InChI is InChI=1S/C16H17F2N3O2/c1-9-12(8-20(2)19-9)16(23)21-7-11(22)6-15(21)10-3-4-13(17)14(18)5-10/h3-5,8,11,15,22H,6-7H2,1-2H3/t11-,15+/m1/s1. The molecule has 0 radical (unpaired) electrons. The van der Waals surface area contributed by atoms with Crippen LogP contribution < -0.4 is 0 Å². The number of benzene rings is 1. The van der Waals surface area contributed by atoms with Gasteiger partial charge in [-0.15, -0.1) is 0 Å². The van der Waals surface area contributed by atoms with Gasteiger partial charge in [0.2, 0.25) is 0 Å². The van der Waals surface area contributed by atoms with Crippen LogP contribution in [0, 0.1) is 18.6 Å². The highest BCUT2D eigenvalue weighted by atomic mass is 19.2. The molecule has 2 heterocycles. The summed E-state index contributed by atoms with van der Waals surface area (Å²) in [7, 11) is 1.72. The Morgan fingerprint density at radius 2 is 2.09 bits per heavy atom. The maximum atomic E-state index is 13.5. The van der Waals surface area contributed by atoms with Gasteiger partial charge >= 0.3 is 0 Å². The van der Waals surface area contributed by atoms with Gasteiger partial charge < -0.3 is 10.0 Å². The Morgan fingerprint density at radius 3 is 2.70 bits per heavy atom. The van der Waals surface area contributed by atoms with E-state index in [1.54, 1.807) is 24.9 Å². The average molecular weight is 321 g/mol. The molecule has 2 atom stereocenters. The Hall–Kier alpha value is -2.28. The summed E-state index contributed by atoms with van der Waals surface area (Å²) in [5.41, 5.74) is 1.49. The van der Waals surface area contributed by atoms with Crippen LogP contribution in [0.4, 0.5) is 8.78 Å². The number of amides is 1. The maximum Gasteiger partial charge on any atom is 0.257 e. The summed E-state index contributed by atoms with van der Waals surface area (Å²) < 4.78 is 28.2. The first-order chi connectivity index (χ1) is 10.9. The number of aryl methyl sites for hydroxylation is 2. The smallest absolute Gasteiger partial charge is 0.257 e. The van der Waals surface area contributed by atoms with Gasteiger partial charge in [-0.25, -0.2) is 8.78 Å². The first-order valence-electron chi connectivity index (χ1n) is 7.31. The number of aliphatic hydroxyl groups excluding tert-OH is 1. The van der Waals surface area contributed by atoms with E-state index in [-0.39, 0.29) is 18.9 Å². The molecular formula is C16H17F2N3O2. The molecule has 1 saturated heterocycles. The Labute approximate surface area is 132 Å². The first kappa shape index (κ1) is 15.6. The van der Waals surface area contributed by atoms with Crippen molar-refractivity contribution in [3.63, 3.8) is 0 Å². The zero-order valence-corrected chi connectivity index (χ0v) is 12.8. The zero-order chi connectivity index (χ0) is 16.7. The predicted molar refractivity (Wildman–Crippen MR) is 78.7 cm³/mol. The topological polar surface area (TPSA) is 58.4 Å². The van der Waals surface area contributed by atoms with Gasteiger partial charge in [-0.3, -0.25) is 9.48 Å². The highest BCUT2D eigenvalue weighted by Crippen LogP contribution is 2.34. The lowest BCUT2D eigenvalue weighted by Crippen LogP contribution is -2.32. The third kappa shape index (κ3) is 2.84. The van der Waals surface area contributed by atoms with E-state index in [0.717, 1.165) is 12.1 Å². The van der Waals surface area contributed by atoms with E-state index < -0.39 is 23.8 Å². The highest BCUT2D eigenvalue weighted by molar-refractivity contribution is 5.95. The van der Waals surface area contributed by atoms with Gasteiger partial charge in [-0.05, 0) is 31.0 Å². The van der Waals surface area contributed by atoms with Gasteiger partial charge in [0.25, 0.3) is 5.91 Å². The molecule has 23 heavy (non-hydrogen) atoms. The van der Waals surface area contributed by atoms with E-state index in [9.17, 15) is 18.7 Å². The second-order valence-electron chi connectivity index (χ2n) is 5.84. The quantitative estimate of drug-likeness (QED) is 0.920. The Balaban J connectivity index is 1.94. The molecule has 3 rings (SSSR count). The molecule has 1 aromatic carbocycles. The molecule has 0 saturated carbocycles. The molecule has 0 spiro atoms. The molecular weight excluding hydrogens is 304 g/mol. The van der Waals surface area contributed by atoms with Crippen molar-refractivity contribution < 1.29 is 18.7 Å². The van der Waals surface area contributed by atoms with Crippen LogP contribution >= 0.6 is 0 Å². The minimum atomic E-state index is -0.964. The number of hydrogen-bond donors (Lipinski definition) is 1. The minimum Gasteiger partial charge on any atom is -0.391 e. The summed E-state index contributed by atoms with van der Waals surface area (Å²) in [5, 5.41) is 14.1. The van der Waals surface area contributed by atoms with E-state index in [2.05, 4.69) is 5.10 Å². The molecule has 7 heteroatoms. The summed E-state index contributed by atoms with van der Waals surface area (Å²) in [4.78, 5) is 14.2. The summed E-state index contributed by atoms with van der Waals surface area (Å²) in [6.45, 7) is 1.88. The van der Waals surface area contributed by atoms with Gasteiger partial charge in [-0.2, -0.15) is 5.10 Å². The van der Waals surface area contributed by atoms with Crippen LogP contribution in [0.5, 0.6) is 0 Å². The van der Waals surface area contributed by atoms with Crippen molar-refractivity contribution in [2.45, 2.75) is 25.5 Å². The number of nitrogens with zero attached hydrogens (tertiary/aromatic N) is 3. The first-order valence-corrected chi connectivity index (χ1v) is 7.31. The van der Waals surface area contributed by atoms with Crippen molar-refractivity contribution in [3.8, 4) is 0 Å². The summed E-state index contributed by atoms with van der Waals surface area (Å²) in [5.74, 6) is -2.18. The van der Waals surface area contributed by atoms with Crippen LogP contribution in [0.3, 0.4) is 0 Å². The number of aliphatic hydroxyl groups is 1. The van der Waals surface area contributed by atoms with Gasteiger partial charge in [0, 0.05) is 19.8 Å². The van der Waals surface area contributed by atoms with E-state index >= 15 is 0 Å². The number of rotatable bonds is 2. The molecule has 0 aliphatic carbocycles. The molecule has 1 aromatic heterocycles. The van der Waals surface area contributed by atoms with Crippen molar-refractivity contribution >= 4 is 5.91 Å². The Bertz CT molecular complexity index is 760. The number of β-amino-alcohol motifs (C(OH)–C–C–N with tert-alkyl or cyclic N) is 1. The lowest BCUT2D eigenvalue weighted by Gasteiger charge is -2.24. The lowest BCUT2D eigenvalue weighted by atomic mass is 10.0. The molecule has 1 N–H and O–H groups in total. The molecule has 1 aliphatic heterocycles. The van der Waals surface area contributed by atoms with Gasteiger partial charge in [0.05, 0.1) is 23.4 Å². The van der Waals surface area contributed by atoms with Crippen LogP contribution in [-0.4, -0.2) is 38.3 Å². The molecule has 1 aliphatic rings. The molecule has 2 aromatic rings. The summed E-state index contributed by atoms with van der Waals surface area (Å²) >= 11 is 0. The third-order valence-electron chi connectivity index (χ3n) is 4.11. The molecule has 0 bridgehead atoms. The fourth-order valence-corrected chi connectivity index (χ4v) is 3.04. The van der Waals surface area contributed by atoms with Gasteiger partial charge in [-0.1, -0.05) is 6.07 Å². The zero-order valence-electron chi connectivity index (χ0n) is 12.8. The minimum absolute atomic E-state index is 0.150. The number of carbonyl (C=O) groups excluding carboxylic acids is 1. The summed E-state index contributed by atoms with van der Waals surface area (Å²) in [6.07, 6.45) is 1.20. The van der Waals surface area contributed by atoms with Crippen molar-refractivity contribution in [2.75, 3.05) is 6.54 Å². The Kier molecular flexibility index (Phi) is 3.89. The molecule has 122 valence electrons. The maximum absolute atomic E-state index is 13.5. The van der Waals surface area contributed by atoms with E-state index in [1.807, 2.05) is 0 Å². The molecule has 1 amide bonds. The molecule has 0 unspecified atom stereocenters. The normalized spacial score (nSPS) is 21.0. The molecule has 5 nitrogen and oxygen atoms in total. The van der Waals surface area contributed by atoms with Gasteiger partial charge in [0.1, 0.15) is 0 Å². The van der Waals surface area contributed by atoms with E-state index in [0.29, 0.717) is 16.8 Å². The van der Waals surface area contributed by atoms with Crippen LogP contribution in [0.2, 0.25) is 0 Å². The molecule has 1 fully saturated rings. The highest BCUT2D eigenvalue weighted by Gasteiger charge is 2.37. The van der Waals surface area contributed by atoms with Crippen molar-refractivity contribution in [1.82, 2.24) is 14.7 Å². The van der Waals surface area contributed by atoms with Crippen LogP contribution in [0.1, 0.15) is 34.1 Å². The fraction of sp³-hybridized carbons (Fsp3) is 0.375. The summed E-state index contributed by atoms with van der Waals surface area (Å²) in [6, 6.07) is 3.06. The van der Waals surface area contributed by atoms with Crippen LogP contribution in [0.15, 0.2) is 24.4 Å². The predicted octanol–water partition coefficient (Wildman–Crippen LogP) is 1.95. The fourth-order valence-electron chi connectivity index (χ4n) is 3.04. The van der Waals surface area contributed by atoms with Crippen molar-refractivity contribution in [1.29, 1.82) is 0 Å². The lowest BCUT2D eigenvalue weighted by molar-refractivity contribution is 0.0714. The number of hydrogen-bond acceptors (Lipinski definition) is 3. The van der Waals surface area contributed by atoms with Crippen LogP contribution in [-0.2, 0) is 7.05 Å². The Morgan fingerprint density at radius 1 is 1.35 bits per heavy atom.